The second kappa shape index (κ2) is 3.89. The van der Waals surface area contributed by atoms with Gasteiger partial charge in [0.1, 0.15) is 0 Å². The zero-order chi connectivity index (χ0) is 11.0. The van der Waals surface area contributed by atoms with E-state index < -0.39 is 0 Å². The van der Waals surface area contributed by atoms with Gasteiger partial charge in [-0.2, -0.15) is 0 Å². The average Bonchev–Trinajstić information content (AvgIpc) is 3.14. The fraction of sp³-hybridized carbons (Fsp3) is 0.600. The van der Waals surface area contributed by atoms with Crippen molar-refractivity contribution in [1.82, 2.24) is 0 Å². The zero-order valence-corrected chi connectivity index (χ0v) is 9.91. The largest absolute Gasteiger partial charge is 0.321 e. The first kappa shape index (κ1) is 10.3. The van der Waals surface area contributed by atoms with Crippen molar-refractivity contribution < 1.29 is 0 Å². The number of benzene rings is 1. The fourth-order valence-electron chi connectivity index (χ4n) is 2.99. The number of nitrogens with two attached hydrogens (primary N) is 1. The van der Waals surface area contributed by atoms with E-state index in [1.807, 2.05) is 0 Å². The molecule has 0 aromatic heterocycles. The molecule has 2 aliphatic rings. The SMILES string of the molecule is NC1(c2cccc(C3CC3)c2)CCCCC1. The van der Waals surface area contributed by atoms with Gasteiger partial charge in [-0.1, -0.05) is 43.5 Å². The maximum atomic E-state index is 6.57. The Bertz CT molecular complexity index is 373. The number of hydrogen-bond acceptors (Lipinski definition) is 1. The summed E-state index contributed by atoms with van der Waals surface area (Å²) in [7, 11) is 0. The Labute approximate surface area is 98.0 Å². The van der Waals surface area contributed by atoms with Gasteiger partial charge in [-0.3, -0.25) is 0 Å². The minimum Gasteiger partial charge on any atom is -0.321 e. The molecule has 0 amide bonds. The lowest BCUT2D eigenvalue weighted by Gasteiger charge is -2.34. The van der Waals surface area contributed by atoms with Gasteiger partial charge >= 0.3 is 0 Å². The lowest BCUT2D eigenvalue weighted by atomic mass is 9.77. The summed E-state index contributed by atoms with van der Waals surface area (Å²) in [5.74, 6) is 0.840. The summed E-state index contributed by atoms with van der Waals surface area (Å²) in [4.78, 5) is 0. The van der Waals surface area contributed by atoms with Crippen molar-refractivity contribution >= 4 is 0 Å². The highest BCUT2D eigenvalue weighted by Gasteiger charge is 2.31. The number of hydrogen-bond donors (Lipinski definition) is 1. The van der Waals surface area contributed by atoms with E-state index in [0.717, 1.165) is 5.92 Å². The topological polar surface area (TPSA) is 26.0 Å². The molecule has 0 saturated heterocycles. The maximum Gasteiger partial charge on any atom is 0.0409 e. The Hall–Kier alpha value is -0.820. The highest BCUT2D eigenvalue weighted by Crippen LogP contribution is 2.42. The van der Waals surface area contributed by atoms with Gasteiger partial charge < -0.3 is 5.73 Å². The summed E-state index contributed by atoms with van der Waals surface area (Å²) >= 11 is 0. The molecule has 1 nitrogen and oxygen atoms in total. The fourth-order valence-corrected chi connectivity index (χ4v) is 2.99. The third-order valence-electron chi connectivity index (χ3n) is 4.26. The summed E-state index contributed by atoms with van der Waals surface area (Å²) in [6.07, 6.45) is 9.04. The molecule has 0 radical (unpaired) electrons. The predicted molar refractivity (Wildman–Crippen MR) is 67.4 cm³/mol. The van der Waals surface area contributed by atoms with Crippen LogP contribution in [0.3, 0.4) is 0 Å². The van der Waals surface area contributed by atoms with Gasteiger partial charge in [-0.15, -0.1) is 0 Å². The van der Waals surface area contributed by atoms with Gasteiger partial charge in [0.05, 0.1) is 0 Å². The van der Waals surface area contributed by atoms with E-state index >= 15 is 0 Å². The Morgan fingerprint density at radius 1 is 1.06 bits per heavy atom. The molecule has 0 bridgehead atoms. The van der Waals surface area contributed by atoms with E-state index in [1.165, 1.54) is 56.1 Å². The highest BCUT2D eigenvalue weighted by molar-refractivity contribution is 5.33. The van der Waals surface area contributed by atoms with Crippen molar-refractivity contribution in [3.63, 3.8) is 0 Å². The third-order valence-corrected chi connectivity index (χ3v) is 4.26. The first-order valence-corrected chi connectivity index (χ1v) is 6.67. The quantitative estimate of drug-likeness (QED) is 0.800. The van der Waals surface area contributed by atoms with Crippen molar-refractivity contribution in [1.29, 1.82) is 0 Å². The van der Waals surface area contributed by atoms with E-state index in [2.05, 4.69) is 24.3 Å². The summed E-state index contributed by atoms with van der Waals surface area (Å²) in [5.41, 5.74) is 9.45. The second-order valence-corrected chi connectivity index (χ2v) is 5.62. The summed E-state index contributed by atoms with van der Waals surface area (Å²) in [6.45, 7) is 0. The first-order valence-electron chi connectivity index (χ1n) is 6.67. The van der Waals surface area contributed by atoms with Crippen molar-refractivity contribution in [2.75, 3.05) is 0 Å². The molecule has 1 aromatic carbocycles. The van der Waals surface area contributed by atoms with Crippen LogP contribution in [0.15, 0.2) is 24.3 Å². The lowest BCUT2D eigenvalue weighted by Crippen LogP contribution is -2.38. The van der Waals surface area contributed by atoms with Crippen molar-refractivity contribution in [3.8, 4) is 0 Å². The molecule has 1 heteroatoms. The van der Waals surface area contributed by atoms with Crippen LogP contribution in [0.25, 0.3) is 0 Å². The van der Waals surface area contributed by atoms with Crippen LogP contribution in [0.4, 0.5) is 0 Å². The van der Waals surface area contributed by atoms with Crippen LogP contribution in [0.2, 0.25) is 0 Å². The van der Waals surface area contributed by atoms with Crippen LogP contribution in [-0.4, -0.2) is 0 Å². The molecule has 2 N–H and O–H groups in total. The molecule has 16 heavy (non-hydrogen) atoms. The van der Waals surface area contributed by atoms with Gasteiger partial charge in [-0.05, 0) is 42.7 Å². The Balaban J connectivity index is 1.89. The molecule has 2 fully saturated rings. The maximum absolute atomic E-state index is 6.57. The monoisotopic (exact) mass is 215 g/mol. The molecule has 0 atom stereocenters. The van der Waals surface area contributed by atoms with Crippen molar-refractivity contribution in [2.24, 2.45) is 5.73 Å². The van der Waals surface area contributed by atoms with Crippen LogP contribution in [0.5, 0.6) is 0 Å². The van der Waals surface area contributed by atoms with E-state index in [1.54, 1.807) is 0 Å². The summed E-state index contributed by atoms with van der Waals surface area (Å²) < 4.78 is 0. The molecule has 86 valence electrons. The van der Waals surface area contributed by atoms with E-state index in [9.17, 15) is 0 Å². The molecule has 0 unspecified atom stereocenters. The van der Waals surface area contributed by atoms with Crippen LogP contribution < -0.4 is 5.73 Å². The predicted octanol–water partition coefficient (Wildman–Crippen LogP) is 3.68. The first-order chi connectivity index (χ1) is 7.78. The van der Waals surface area contributed by atoms with Crippen LogP contribution in [0, 0.1) is 0 Å². The van der Waals surface area contributed by atoms with Crippen molar-refractivity contribution in [2.45, 2.75) is 56.4 Å². The molecule has 0 aliphatic heterocycles. The van der Waals surface area contributed by atoms with E-state index in [-0.39, 0.29) is 5.54 Å². The van der Waals surface area contributed by atoms with E-state index in [0.29, 0.717) is 0 Å². The Morgan fingerprint density at radius 2 is 1.81 bits per heavy atom. The van der Waals surface area contributed by atoms with Gasteiger partial charge in [-0.25, -0.2) is 0 Å². The van der Waals surface area contributed by atoms with Gasteiger partial charge in [0, 0.05) is 5.54 Å². The second-order valence-electron chi connectivity index (χ2n) is 5.62. The van der Waals surface area contributed by atoms with Gasteiger partial charge in [0.15, 0.2) is 0 Å². The van der Waals surface area contributed by atoms with Gasteiger partial charge in [0.25, 0.3) is 0 Å². The normalized spacial score (nSPS) is 24.3. The molecule has 2 aliphatic carbocycles. The minimum atomic E-state index is -0.0247. The minimum absolute atomic E-state index is 0.0247. The molecule has 2 saturated carbocycles. The van der Waals surface area contributed by atoms with E-state index in [4.69, 9.17) is 5.73 Å². The van der Waals surface area contributed by atoms with Crippen LogP contribution in [0.1, 0.15) is 62.0 Å². The Morgan fingerprint density at radius 3 is 2.50 bits per heavy atom. The average molecular weight is 215 g/mol. The molecule has 0 spiro atoms. The third kappa shape index (κ3) is 1.89. The van der Waals surface area contributed by atoms with Crippen molar-refractivity contribution in [3.05, 3.63) is 35.4 Å². The molecular weight excluding hydrogens is 194 g/mol. The van der Waals surface area contributed by atoms with Gasteiger partial charge in [0.2, 0.25) is 0 Å². The number of rotatable bonds is 2. The summed E-state index contributed by atoms with van der Waals surface area (Å²) in [6, 6.07) is 9.08. The standard InChI is InChI=1S/C15H21N/c16-15(9-2-1-3-10-15)14-6-4-5-13(11-14)12-7-8-12/h4-6,11-12H,1-3,7-10,16H2. The van der Waals surface area contributed by atoms with Crippen LogP contribution >= 0.6 is 0 Å². The highest BCUT2D eigenvalue weighted by atomic mass is 14.7. The molecule has 3 rings (SSSR count). The molecular formula is C15H21N. The zero-order valence-electron chi connectivity index (χ0n) is 9.91. The molecule has 1 aromatic rings. The Kier molecular flexibility index (Phi) is 2.51. The van der Waals surface area contributed by atoms with Crippen LogP contribution in [-0.2, 0) is 5.54 Å². The lowest BCUT2D eigenvalue weighted by molar-refractivity contribution is 0.302. The summed E-state index contributed by atoms with van der Waals surface area (Å²) in [5, 5.41) is 0. The molecule has 0 heterocycles. The smallest absolute Gasteiger partial charge is 0.0409 e.